The lowest BCUT2D eigenvalue weighted by Gasteiger charge is -2.31. The van der Waals surface area contributed by atoms with Crippen molar-refractivity contribution in [2.24, 2.45) is 23.7 Å². The molecule has 0 spiro atoms. The van der Waals surface area contributed by atoms with Crippen molar-refractivity contribution in [2.75, 3.05) is 0 Å². The van der Waals surface area contributed by atoms with Gasteiger partial charge >= 0.3 is 0 Å². The molecule has 1 nitrogen and oxygen atoms in total. The second kappa shape index (κ2) is 3.43. The van der Waals surface area contributed by atoms with Gasteiger partial charge in [0.25, 0.3) is 0 Å². The van der Waals surface area contributed by atoms with Gasteiger partial charge in [-0.15, -0.1) is 0 Å². The van der Waals surface area contributed by atoms with Crippen LogP contribution in [0, 0.1) is 23.7 Å². The van der Waals surface area contributed by atoms with Crippen molar-refractivity contribution in [1.29, 1.82) is 0 Å². The van der Waals surface area contributed by atoms with E-state index in [4.69, 9.17) is 0 Å². The fraction of sp³-hybridized carbons (Fsp3) is 0.917. The van der Waals surface area contributed by atoms with Crippen LogP contribution in [0.15, 0.2) is 0 Å². The number of ketones is 1. The van der Waals surface area contributed by atoms with Crippen molar-refractivity contribution < 1.29 is 4.79 Å². The zero-order chi connectivity index (χ0) is 9.42. The normalized spacial score (nSPS) is 40.3. The zero-order valence-corrected chi connectivity index (χ0v) is 8.75. The van der Waals surface area contributed by atoms with Crippen LogP contribution in [0.3, 0.4) is 0 Å². The van der Waals surface area contributed by atoms with Gasteiger partial charge in [-0.1, -0.05) is 13.8 Å². The maximum atomic E-state index is 11.8. The molecule has 3 atom stereocenters. The van der Waals surface area contributed by atoms with Crippen LogP contribution in [0.5, 0.6) is 0 Å². The van der Waals surface area contributed by atoms with Crippen molar-refractivity contribution in [1.82, 2.24) is 0 Å². The van der Waals surface area contributed by atoms with Gasteiger partial charge in [0.05, 0.1) is 0 Å². The SMILES string of the molecule is CC1CCC(C(=O)C2CC2)CC1C. The summed E-state index contributed by atoms with van der Waals surface area (Å²) in [5.41, 5.74) is 0. The molecule has 2 aliphatic rings. The lowest BCUT2D eigenvalue weighted by molar-refractivity contribution is -0.125. The van der Waals surface area contributed by atoms with E-state index < -0.39 is 0 Å². The Bertz CT molecular complexity index is 205. The van der Waals surface area contributed by atoms with Crippen LogP contribution in [0.25, 0.3) is 0 Å². The molecule has 74 valence electrons. The van der Waals surface area contributed by atoms with E-state index in [1.54, 1.807) is 0 Å². The average Bonchev–Trinajstić information content (AvgIpc) is 2.91. The molecule has 0 aromatic rings. The number of rotatable bonds is 2. The molecular formula is C12H20O. The van der Waals surface area contributed by atoms with E-state index in [1.807, 2.05) is 0 Å². The van der Waals surface area contributed by atoms with Crippen molar-refractivity contribution in [3.63, 3.8) is 0 Å². The van der Waals surface area contributed by atoms with Crippen LogP contribution in [-0.2, 0) is 4.79 Å². The monoisotopic (exact) mass is 180 g/mol. The van der Waals surface area contributed by atoms with Gasteiger partial charge in [0.2, 0.25) is 0 Å². The Labute approximate surface area is 80.9 Å². The molecule has 13 heavy (non-hydrogen) atoms. The maximum absolute atomic E-state index is 11.8. The Morgan fingerprint density at radius 1 is 0.923 bits per heavy atom. The van der Waals surface area contributed by atoms with E-state index in [-0.39, 0.29) is 0 Å². The first-order valence-electron chi connectivity index (χ1n) is 5.72. The Morgan fingerprint density at radius 3 is 2.08 bits per heavy atom. The van der Waals surface area contributed by atoms with E-state index in [9.17, 15) is 4.79 Å². The van der Waals surface area contributed by atoms with Crippen LogP contribution in [0.1, 0.15) is 46.0 Å². The Morgan fingerprint density at radius 2 is 1.54 bits per heavy atom. The summed E-state index contributed by atoms with van der Waals surface area (Å²) in [7, 11) is 0. The lowest BCUT2D eigenvalue weighted by Crippen LogP contribution is -2.27. The van der Waals surface area contributed by atoms with E-state index in [0.717, 1.165) is 18.3 Å². The summed E-state index contributed by atoms with van der Waals surface area (Å²) in [6.07, 6.45) is 5.96. The number of hydrogen-bond donors (Lipinski definition) is 0. The molecule has 0 N–H and O–H groups in total. The third-order valence-electron chi connectivity index (χ3n) is 3.98. The summed E-state index contributed by atoms with van der Waals surface area (Å²) in [6, 6.07) is 0. The van der Waals surface area contributed by atoms with E-state index >= 15 is 0 Å². The molecule has 0 aliphatic heterocycles. The summed E-state index contributed by atoms with van der Waals surface area (Å²) in [5, 5.41) is 0. The van der Waals surface area contributed by atoms with Crippen LogP contribution in [-0.4, -0.2) is 5.78 Å². The van der Waals surface area contributed by atoms with E-state index in [1.165, 1.54) is 25.7 Å². The summed E-state index contributed by atoms with van der Waals surface area (Å²) in [4.78, 5) is 11.8. The molecule has 0 aromatic carbocycles. The Hall–Kier alpha value is -0.330. The molecule has 2 rings (SSSR count). The first kappa shape index (κ1) is 9.23. The summed E-state index contributed by atoms with van der Waals surface area (Å²) in [6.45, 7) is 4.62. The van der Waals surface area contributed by atoms with Gasteiger partial charge in [0.15, 0.2) is 0 Å². The first-order chi connectivity index (χ1) is 6.18. The highest BCUT2D eigenvalue weighted by molar-refractivity contribution is 5.85. The van der Waals surface area contributed by atoms with Gasteiger partial charge in [-0.25, -0.2) is 0 Å². The molecule has 0 aromatic heterocycles. The number of carbonyl (C=O) groups excluding carboxylic acids is 1. The second-order valence-electron chi connectivity index (χ2n) is 5.14. The van der Waals surface area contributed by atoms with Crippen LogP contribution in [0.2, 0.25) is 0 Å². The van der Waals surface area contributed by atoms with Crippen LogP contribution >= 0.6 is 0 Å². The highest BCUT2D eigenvalue weighted by atomic mass is 16.1. The van der Waals surface area contributed by atoms with Crippen molar-refractivity contribution in [3.05, 3.63) is 0 Å². The number of Topliss-reactive ketones (excluding diaryl/α,β-unsaturated/α-hetero) is 1. The van der Waals surface area contributed by atoms with Gasteiger partial charge < -0.3 is 0 Å². The van der Waals surface area contributed by atoms with Gasteiger partial charge in [0.1, 0.15) is 5.78 Å². The third-order valence-corrected chi connectivity index (χ3v) is 3.98. The third kappa shape index (κ3) is 1.95. The number of carbonyl (C=O) groups is 1. The van der Waals surface area contributed by atoms with Crippen molar-refractivity contribution in [2.45, 2.75) is 46.0 Å². The quantitative estimate of drug-likeness (QED) is 0.638. The largest absolute Gasteiger partial charge is 0.299 e. The minimum Gasteiger partial charge on any atom is -0.299 e. The summed E-state index contributed by atoms with van der Waals surface area (Å²) >= 11 is 0. The summed E-state index contributed by atoms with van der Waals surface area (Å²) < 4.78 is 0. The molecule has 0 amide bonds. The van der Waals surface area contributed by atoms with E-state index in [2.05, 4.69) is 13.8 Å². The fourth-order valence-corrected chi connectivity index (χ4v) is 2.51. The van der Waals surface area contributed by atoms with Crippen molar-refractivity contribution in [3.8, 4) is 0 Å². The Balaban J connectivity index is 1.90. The Kier molecular flexibility index (Phi) is 2.44. The minimum absolute atomic E-state index is 0.429. The minimum atomic E-state index is 0.429. The highest BCUT2D eigenvalue weighted by Crippen LogP contribution is 2.40. The fourth-order valence-electron chi connectivity index (χ4n) is 2.51. The average molecular weight is 180 g/mol. The van der Waals surface area contributed by atoms with Gasteiger partial charge in [-0.3, -0.25) is 4.79 Å². The predicted octanol–water partition coefficient (Wildman–Crippen LogP) is 3.04. The zero-order valence-electron chi connectivity index (χ0n) is 8.75. The predicted molar refractivity (Wildman–Crippen MR) is 53.4 cm³/mol. The highest BCUT2D eigenvalue weighted by Gasteiger charge is 2.37. The smallest absolute Gasteiger partial charge is 0.139 e. The van der Waals surface area contributed by atoms with Gasteiger partial charge in [-0.2, -0.15) is 0 Å². The molecule has 0 radical (unpaired) electrons. The molecule has 0 bridgehead atoms. The molecule has 0 saturated heterocycles. The second-order valence-corrected chi connectivity index (χ2v) is 5.14. The number of hydrogen-bond acceptors (Lipinski definition) is 1. The molecular weight excluding hydrogens is 160 g/mol. The standard InChI is InChI=1S/C12H20O/c1-8-3-4-11(7-9(8)2)12(13)10-5-6-10/h8-11H,3-7H2,1-2H3. The molecule has 1 heteroatoms. The molecule has 0 heterocycles. The topological polar surface area (TPSA) is 17.1 Å². The molecule has 2 saturated carbocycles. The van der Waals surface area contributed by atoms with E-state index in [0.29, 0.717) is 17.6 Å². The molecule has 2 fully saturated rings. The van der Waals surface area contributed by atoms with Crippen LogP contribution < -0.4 is 0 Å². The molecule has 3 unspecified atom stereocenters. The molecule has 2 aliphatic carbocycles. The first-order valence-corrected chi connectivity index (χ1v) is 5.72. The maximum Gasteiger partial charge on any atom is 0.139 e. The van der Waals surface area contributed by atoms with Crippen molar-refractivity contribution >= 4 is 5.78 Å². The van der Waals surface area contributed by atoms with Gasteiger partial charge in [0, 0.05) is 11.8 Å². The van der Waals surface area contributed by atoms with Gasteiger partial charge in [-0.05, 0) is 43.9 Å². The lowest BCUT2D eigenvalue weighted by atomic mass is 9.74. The van der Waals surface area contributed by atoms with Crippen LogP contribution in [0.4, 0.5) is 0 Å². The summed E-state index contributed by atoms with van der Waals surface area (Å²) in [5.74, 6) is 3.10.